The van der Waals surface area contributed by atoms with Crippen molar-refractivity contribution in [2.24, 2.45) is 5.92 Å². The number of para-hydroxylation sites is 1. The van der Waals surface area contributed by atoms with Gasteiger partial charge in [-0.05, 0) is 49.6 Å². The average molecular weight is 423 g/mol. The maximum absolute atomic E-state index is 12.5. The van der Waals surface area contributed by atoms with Crippen molar-refractivity contribution >= 4 is 28.5 Å². The van der Waals surface area contributed by atoms with Crippen molar-refractivity contribution in [3.05, 3.63) is 65.4 Å². The van der Waals surface area contributed by atoms with Crippen molar-refractivity contribution in [2.45, 2.75) is 39.7 Å². The van der Waals surface area contributed by atoms with Crippen LogP contribution in [0.2, 0.25) is 0 Å². The fraction of sp³-hybridized carbons (Fsp3) is 0.360. The monoisotopic (exact) mass is 422 g/mol. The van der Waals surface area contributed by atoms with Crippen LogP contribution in [0.1, 0.15) is 54.4 Å². The summed E-state index contributed by atoms with van der Waals surface area (Å²) in [4.78, 5) is 24.7. The Morgan fingerprint density at radius 3 is 2.39 bits per heavy atom. The first kappa shape index (κ1) is 22.4. The molecule has 1 aromatic heterocycles. The molecule has 0 aliphatic carbocycles. The Kier molecular flexibility index (Phi) is 7.00. The highest BCUT2D eigenvalue weighted by molar-refractivity contribution is 5.94. The van der Waals surface area contributed by atoms with E-state index in [1.807, 2.05) is 30.3 Å². The predicted octanol–water partition coefficient (Wildman–Crippen LogP) is 5.49. The average Bonchev–Trinajstić information content (AvgIpc) is 3.08. The zero-order valence-corrected chi connectivity index (χ0v) is 18.5. The summed E-state index contributed by atoms with van der Waals surface area (Å²) in [6, 6.07) is 15.3. The molecule has 0 radical (unpaired) electrons. The maximum atomic E-state index is 12.5. The van der Waals surface area contributed by atoms with Gasteiger partial charge in [-0.2, -0.15) is 0 Å². The Morgan fingerprint density at radius 2 is 1.77 bits per heavy atom. The van der Waals surface area contributed by atoms with E-state index in [1.54, 1.807) is 19.2 Å². The summed E-state index contributed by atoms with van der Waals surface area (Å²) in [6.45, 7) is 6.63. The first-order chi connectivity index (χ1) is 14.8. The van der Waals surface area contributed by atoms with Gasteiger partial charge in [-0.25, -0.2) is 0 Å². The van der Waals surface area contributed by atoms with Crippen molar-refractivity contribution in [1.82, 2.24) is 4.90 Å². The number of fused-ring (bicyclic) bond motifs is 1. The molecule has 1 amide bonds. The van der Waals surface area contributed by atoms with Crippen LogP contribution in [-0.2, 0) is 4.79 Å². The van der Waals surface area contributed by atoms with Crippen LogP contribution >= 0.6 is 0 Å². The molecule has 0 aliphatic rings. The number of amides is 1. The van der Waals surface area contributed by atoms with Gasteiger partial charge in [0.05, 0.1) is 12.5 Å². The lowest BCUT2D eigenvalue weighted by Gasteiger charge is -2.21. The topological polar surface area (TPSA) is 82.8 Å². The molecule has 1 atom stereocenters. The van der Waals surface area contributed by atoms with Crippen LogP contribution in [0, 0.1) is 12.8 Å². The molecule has 6 heteroatoms. The summed E-state index contributed by atoms with van der Waals surface area (Å²) in [5.41, 5.74) is 3.45. The van der Waals surface area contributed by atoms with Gasteiger partial charge in [0.25, 0.3) is 5.91 Å². The number of hydrogen-bond acceptors (Lipinski definition) is 4. The second-order valence-electron chi connectivity index (χ2n) is 8.36. The lowest BCUT2D eigenvalue weighted by atomic mass is 9.98. The van der Waals surface area contributed by atoms with Gasteiger partial charge < -0.3 is 19.7 Å². The summed E-state index contributed by atoms with van der Waals surface area (Å²) in [6.07, 6.45) is 0.828. The molecule has 0 saturated heterocycles. The van der Waals surface area contributed by atoms with Crippen LogP contribution in [-0.4, -0.2) is 35.5 Å². The highest BCUT2D eigenvalue weighted by atomic mass is 16.4. The molecule has 164 valence electrons. The number of rotatable bonds is 9. The van der Waals surface area contributed by atoms with E-state index in [2.05, 4.69) is 32.2 Å². The molecule has 0 fully saturated rings. The van der Waals surface area contributed by atoms with E-state index in [0.717, 1.165) is 34.4 Å². The summed E-state index contributed by atoms with van der Waals surface area (Å²) >= 11 is 0. The molecule has 6 nitrogen and oxygen atoms in total. The highest BCUT2D eigenvalue weighted by Crippen LogP contribution is 2.34. The molecule has 0 aliphatic heterocycles. The van der Waals surface area contributed by atoms with Gasteiger partial charge in [0.15, 0.2) is 0 Å². The van der Waals surface area contributed by atoms with Crippen LogP contribution in [0.15, 0.2) is 52.9 Å². The summed E-state index contributed by atoms with van der Waals surface area (Å²) < 4.78 is 6.20. The SMILES string of the molecule is Cc1c(C(CC(C)C)Nc2ccc(C(=O)N(C)CCC(=O)O)cc2)oc2ccccc12. The molecule has 31 heavy (non-hydrogen) atoms. The van der Waals surface area contributed by atoms with E-state index in [4.69, 9.17) is 9.52 Å². The Labute approximate surface area is 182 Å². The van der Waals surface area contributed by atoms with Crippen LogP contribution in [0.3, 0.4) is 0 Å². The summed E-state index contributed by atoms with van der Waals surface area (Å²) in [7, 11) is 1.61. The van der Waals surface area contributed by atoms with Gasteiger partial charge in [0.1, 0.15) is 11.3 Å². The van der Waals surface area contributed by atoms with Crippen LogP contribution in [0.4, 0.5) is 5.69 Å². The van der Waals surface area contributed by atoms with E-state index in [9.17, 15) is 9.59 Å². The number of hydrogen-bond donors (Lipinski definition) is 2. The predicted molar refractivity (Wildman–Crippen MR) is 122 cm³/mol. The fourth-order valence-corrected chi connectivity index (χ4v) is 3.72. The Balaban J connectivity index is 1.78. The second kappa shape index (κ2) is 9.69. The van der Waals surface area contributed by atoms with Crippen molar-refractivity contribution < 1.29 is 19.1 Å². The lowest BCUT2D eigenvalue weighted by Crippen LogP contribution is -2.29. The Bertz CT molecular complexity index is 1050. The van der Waals surface area contributed by atoms with E-state index in [-0.39, 0.29) is 24.9 Å². The lowest BCUT2D eigenvalue weighted by molar-refractivity contribution is -0.137. The number of benzene rings is 2. The van der Waals surface area contributed by atoms with Gasteiger partial charge in [-0.1, -0.05) is 32.0 Å². The molecule has 0 spiro atoms. The third-order valence-corrected chi connectivity index (χ3v) is 5.38. The largest absolute Gasteiger partial charge is 0.481 e. The smallest absolute Gasteiger partial charge is 0.305 e. The number of carbonyl (C=O) groups excluding carboxylic acids is 1. The molecule has 1 unspecified atom stereocenters. The molecular weight excluding hydrogens is 392 g/mol. The van der Waals surface area contributed by atoms with Crippen molar-refractivity contribution in [3.63, 3.8) is 0 Å². The minimum atomic E-state index is -0.920. The number of furan rings is 1. The third kappa shape index (κ3) is 5.45. The van der Waals surface area contributed by atoms with Gasteiger partial charge in [0, 0.05) is 35.8 Å². The first-order valence-corrected chi connectivity index (χ1v) is 10.6. The van der Waals surface area contributed by atoms with Crippen molar-refractivity contribution in [3.8, 4) is 0 Å². The van der Waals surface area contributed by atoms with Crippen LogP contribution in [0.25, 0.3) is 11.0 Å². The number of carboxylic acid groups (broad SMARTS) is 1. The third-order valence-electron chi connectivity index (χ3n) is 5.38. The number of carboxylic acids is 1. The molecule has 0 bridgehead atoms. The van der Waals surface area contributed by atoms with Crippen LogP contribution in [0.5, 0.6) is 0 Å². The van der Waals surface area contributed by atoms with E-state index < -0.39 is 5.97 Å². The standard InChI is InChI=1S/C25H30N2O4/c1-16(2)15-21(24-17(3)20-7-5-6-8-22(20)31-24)26-19-11-9-18(10-12-19)25(30)27(4)14-13-23(28)29/h5-12,16,21,26H,13-15H2,1-4H3,(H,28,29). The molecule has 3 aromatic rings. The first-order valence-electron chi connectivity index (χ1n) is 10.6. The zero-order valence-electron chi connectivity index (χ0n) is 18.5. The number of aliphatic carboxylic acids is 1. The minimum Gasteiger partial charge on any atom is -0.481 e. The number of aryl methyl sites for hydroxylation is 1. The van der Waals surface area contributed by atoms with Gasteiger partial charge >= 0.3 is 5.97 Å². The minimum absolute atomic E-state index is 0.00666. The Hall–Kier alpha value is -3.28. The molecular formula is C25H30N2O4. The zero-order chi connectivity index (χ0) is 22.5. The number of nitrogens with zero attached hydrogens (tertiary/aromatic N) is 1. The second-order valence-corrected chi connectivity index (χ2v) is 8.36. The molecule has 1 heterocycles. The van der Waals surface area contributed by atoms with Gasteiger partial charge in [-0.15, -0.1) is 0 Å². The highest BCUT2D eigenvalue weighted by Gasteiger charge is 2.22. The number of nitrogens with one attached hydrogen (secondary N) is 1. The Morgan fingerprint density at radius 1 is 1.10 bits per heavy atom. The van der Waals surface area contributed by atoms with E-state index >= 15 is 0 Å². The van der Waals surface area contributed by atoms with E-state index in [0.29, 0.717) is 11.5 Å². The molecule has 2 N–H and O–H groups in total. The van der Waals surface area contributed by atoms with Crippen molar-refractivity contribution in [1.29, 1.82) is 0 Å². The number of carbonyl (C=O) groups is 2. The number of anilines is 1. The maximum Gasteiger partial charge on any atom is 0.305 e. The normalized spacial score (nSPS) is 12.2. The van der Waals surface area contributed by atoms with Gasteiger partial charge in [0.2, 0.25) is 0 Å². The van der Waals surface area contributed by atoms with Gasteiger partial charge in [-0.3, -0.25) is 9.59 Å². The van der Waals surface area contributed by atoms with Crippen molar-refractivity contribution in [2.75, 3.05) is 18.9 Å². The fourth-order valence-electron chi connectivity index (χ4n) is 3.72. The van der Waals surface area contributed by atoms with Crippen LogP contribution < -0.4 is 5.32 Å². The molecule has 2 aromatic carbocycles. The van der Waals surface area contributed by atoms with E-state index in [1.165, 1.54) is 4.90 Å². The molecule has 3 rings (SSSR count). The summed E-state index contributed by atoms with van der Waals surface area (Å²) in [5, 5.41) is 13.5. The summed E-state index contributed by atoms with van der Waals surface area (Å²) in [5.74, 6) is 0.285. The molecule has 0 saturated carbocycles. The quantitative estimate of drug-likeness (QED) is 0.477.